The minimum absolute atomic E-state index is 0.0853. The van der Waals surface area contributed by atoms with Crippen LogP contribution in [-0.2, 0) is 6.18 Å². The van der Waals surface area contributed by atoms with E-state index in [9.17, 15) is 18.0 Å². The van der Waals surface area contributed by atoms with E-state index in [4.69, 9.17) is 4.74 Å². The third-order valence-electron chi connectivity index (χ3n) is 6.45. The number of fused-ring (bicyclic) bond motifs is 2. The summed E-state index contributed by atoms with van der Waals surface area (Å²) >= 11 is 0. The lowest BCUT2D eigenvalue weighted by Crippen LogP contribution is -2.38. The lowest BCUT2D eigenvalue weighted by atomic mass is 9.89. The van der Waals surface area contributed by atoms with Gasteiger partial charge in [-0.3, -0.25) is 9.78 Å². The van der Waals surface area contributed by atoms with E-state index >= 15 is 0 Å². The maximum absolute atomic E-state index is 12.7. The van der Waals surface area contributed by atoms with Crippen LogP contribution in [0.2, 0.25) is 0 Å². The molecule has 0 saturated heterocycles. The fraction of sp³-hybridized carbons (Fsp3) is 0.269. The highest BCUT2D eigenvalue weighted by molar-refractivity contribution is 5.94. The highest BCUT2D eigenvalue weighted by Crippen LogP contribution is 2.49. The standard InChI is InChI=1S/C26H22F3N3O2/c27-26(28,29)21-6-7-24(31-15-21)34-22-5-1-3-16(10-22)9-18-11-20-12-19(18)13-23(20)32-25(33)17-4-2-8-30-14-17/h1-10,14-15,19-20,23H,11-13H2,(H,32,33). The topological polar surface area (TPSA) is 64.1 Å². The van der Waals surface area contributed by atoms with Crippen LogP contribution in [0.3, 0.4) is 0 Å². The van der Waals surface area contributed by atoms with E-state index in [2.05, 4.69) is 21.4 Å². The number of allylic oxidation sites excluding steroid dienone is 1. The maximum Gasteiger partial charge on any atom is 0.417 e. The molecule has 3 unspecified atom stereocenters. The van der Waals surface area contributed by atoms with Crippen LogP contribution in [0.15, 0.2) is 72.7 Å². The summed E-state index contributed by atoms with van der Waals surface area (Å²) in [5.41, 5.74) is 2.06. The van der Waals surface area contributed by atoms with E-state index in [-0.39, 0.29) is 17.8 Å². The predicted molar refractivity (Wildman–Crippen MR) is 120 cm³/mol. The number of pyridine rings is 2. The first-order valence-corrected chi connectivity index (χ1v) is 11.1. The average molecular weight is 465 g/mol. The minimum atomic E-state index is -4.43. The van der Waals surface area contributed by atoms with Gasteiger partial charge >= 0.3 is 6.18 Å². The molecule has 3 atom stereocenters. The number of nitrogens with zero attached hydrogens (tertiary/aromatic N) is 2. The molecule has 2 saturated carbocycles. The number of ether oxygens (including phenoxy) is 1. The molecule has 8 heteroatoms. The molecular formula is C26H22F3N3O2. The summed E-state index contributed by atoms with van der Waals surface area (Å²) < 4.78 is 43.8. The van der Waals surface area contributed by atoms with Crippen molar-refractivity contribution in [2.45, 2.75) is 31.5 Å². The van der Waals surface area contributed by atoms with Crippen LogP contribution in [0.1, 0.15) is 40.7 Å². The third-order valence-corrected chi connectivity index (χ3v) is 6.45. The van der Waals surface area contributed by atoms with Crippen molar-refractivity contribution in [3.63, 3.8) is 0 Å². The van der Waals surface area contributed by atoms with Crippen LogP contribution >= 0.6 is 0 Å². The summed E-state index contributed by atoms with van der Waals surface area (Å²) in [4.78, 5) is 20.2. The van der Waals surface area contributed by atoms with Gasteiger partial charge in [-0.05, 0) is 67.0 Å². The molecule has 1 amide bonds. The number of carbonyl (C=O) groups is 1. The monoisotopic (exact) mass is 465 g/mol. The second kappa shape index (κ2) is 8.93. The van der Waals surface area contributed by atoms with E-state index < -0.39 is 11.7 Å². The van der Waals surface area contributed by atoms with Gasteiger partial charge in [0.15, 0.2) is 0 Å². The van der Waals surface area contributed by atoms with Crippen molar-refractivity contribution in [2.75, 3.05) is 0 Å². The summed E-state index contributed by atoms with van der Waals surface area (Å²) in [6.45, 7) is 0. The average Bonchev–Trinajstić information content (AvgIpc) is 3.40. The number of carbonyl (C=O) groups excluding carboxylic acids is 1. The molecule has 0 spiro atoms. The molecular weight excluding hydrogens is 443 g/mol. The predicted octanol–water partition coefficient (Wildman–Crippen LogP) is 5.90. The zero-order chi connectivity index (χ0) is 23.7. The van der Waals surface area contributed by atoms with Crippen LogP contribution in [0.25, 0.3) is 6.08 Å². The van der Waals surface area contributed by atoms with Gasteiger partial charge in [-0.1, -0.05) is 23.8 Å². The number of benzene rings is 1. The number of rotatable bonds is 5. The summed E-state index contributed by atoms with van der Waals surface area (Å²) in [7, 11) is 0. The Morgan fingerprint density at radius 1 is 1.09 bits per heavy atom. The van der Waals surface area contributed by atoms with Crippen molar-refractivity contribution in [3.05, 3.63) is 89.4 Å². The van der Waals surface area contributed by atoms with Gasteiger partial charge in [0.25, 0.3) is 5.91 Å². The number of aromatic nitrogens is 2. The number of hydrogen-bond donors (Lipinski definition) is 1. The van der Waals surface area contributed by atoms with Crippen molar-refractivity contribution >= 4 is 12.0 Å². The third kappa shape index (κ3) is 4.81. The molecule has 5 rings (SSSR count). The number of halogens is 3. The van der Waals surface area contributed by atoms with Crippen LogP contribution in [0.4, 0.5) is 13.2 Å². The minimum Gasteiger partial charge on any atom is -0.439 e. The van der Waals surface area contributed by atoms with E-state index in [1.807, 2.05) is 18.2 Å². The molecule has 1 aromatic carbocycles. The Bertz CT molecular complexity index is 1210. The Morgan fingerprint density at radius 3 is 2.65 bits per heavy atom. The largest absolute Gasteiger partial charge is 0.439 e. The molecule has 34 heavy (non-hydrogen) atoms. The van der Waals surface area contributed by atoms with Gasteiger partial charge in [-0.15, -0.1) is 0 Å². The molecule has 5 nitrogen and oxygen atoms in total. The van der Waals surface area contributed by atoms with Crippen molar-refractivity contribution in [1.29, 1.82) is 0 Å². The molecule has 0 aliphatic heterocycles. The van der Waals surface area contributed by atoms with Crippen LogP contribution in [0, 0.1) is 11.8 Å². The van der Waals surface area contributed by atoms with Crippen molar-refractivity contribution in [1.82, 2.24) is 15.3 Å². The molecule has 2 aliphatic carbocycles. The van der Waals surface area contributed by atoms with Gasteiger partial charge in [0.05, 0.1) is 11.1 Å². The van der Waals surface area contributed by atoms with Crippen molar-refractivity contribution < 1.29 is 22.7 Å². The molecule has 3 aromatic rings. The van der Waals surface area contributed by atoms with Gasteiger partial charge in [-0.25, -0.2) is 4.98 Å². The molecule has 2 heterocycles. The molecule has 0 radical (unpaired) electrons. The zero-order valence-electron chi connectivity index (χ0n) is 18.1. The second-order valence-electron chi connectivity index (χ2n) is 8.73. The lowest BCUT2D eigenvalue weighted by Gasteiger charge is -2.24. The Hall–Kier alpha value is -3.68. The van der Waals surface area contributed by atoms with E-state index in [1.54, 1.807) is 30.6 Å². The van der Waals surface area contributed by atoms with Gasteiger partial charge in [0.1, 0.15) is 5.75 Å². The highest BCUT2D eigenvalue weighted by atomic mass is 19.4. The van der Waals surface area contributed by atoms with Gasteiger partial charge < -0.3 is 10.1 Å². The van der Waals surface area contributed by atoms with E-state index in [0.717, 1.165) is 37.1 Å². The molecule has 2 fully saturated rings. The summed E-state index contributed by atoms with van der Waals surface area (Å²) in [5, 5.41) is 3.16. The van der Waals surface area contributed by atoms with Crippen molar-refractivity contribution in [3.8, 4) is 11.6 Å². The summed E-state index contributed by atoms with van der Waals surface area (Å²) in [6, 6.07) is 13.2. The van der Waals surface area contributed by atoms with Gasteiger partial charge in [0.2, 0.25) is 5.88 Å². The number of nitrogens with one attached hydrogen (secondary N) is 1. The highest BCUT2D eigenvalue weighted by Gasteiger charge is 2.43. The molecule has 1 N–H and O–H groups in total. The fourth-order valence-corrected chi connectivity index (χ4v) is 4.84. The maximum atomic E-state index is 12.7. The zero-order valence-corrected chi connectivity index (χ0v) is 18.1. The fourth-order valence-electron chi connectivity index (χ4n) is 4.84. The summed E-state index contributed by atoms with van der Waals surface area (Å²) in [5.74, 6) is 1.35. The number of hydrogen-bond acceptors (Lipinski definition) is 4. The first-order valence-electron chi connectivity index (χ1n) is 11.1. The lowest BCUT2D eigenvalue weighted by molar-refractivity contribution is -0.137. The first-order chi connectivity index (χ1) is 16.3. The first kappa shape index (κ1) is 22.1. The number of amides is 1. The van der Waals surface area contributed by atoms with E-state index in [1.165, 1.54) is 11.6 Å². The molecule has 2 aliphatic rings. The second-order valence-corrected chi connectivity index (χ2v) is 8.73. The summed E-state index contributed by atoms with van der Waals surface area (Å²) in [6.07, 6.45) is 4.59. The normalized spacial score (nSPS) is 22.7. The van der Waals surface area contributed by atoms with E-state index in [0.29, 0.717) is 23.1 Å². The van der Waals surface area contributed by atoms with Gasteiger partial charge in [0, 0.05) is 30.7 Å². The Kier molecular flexibility index (Phi) is 5.81. The van der Waals surface area contributed by atoms with Gasteiger partial charge in [-0.2, -0.15) is 13.2 Å². The van der Waals surface area contributed by atoms with Crippen LogP contribution in [-0.4, -0.2) is 21.9 Å². The Balaban J connectivity index is 1.22. The Morgan fingerprint density at radius 2 is 1.97 bits per heavy atom. The SMILES string of the molecule is O=C(NC1CC2CC1CC2=Cc1cccc(Oc2ccc(C(F)(F)F)cn2)c1)c1cccnc1. The quantitative estimate of drug-likeness (QED) is 0.510. The Labute approximate surface area is 194 Å². The number of alkyl halides is 3. The molecule has 2 bridgehead atoms. The van der Waals surface area contributed by atoms with Crippen LogP contribution < -0.4 is 10.1 Å². The molecule has 2 aromatic heterocycles. The smallest absolute Gasteiger partial charge is 0.417 e. The van der Waals surface area contributed by atoms with Crippen molar-refractivity contribution in [2.24, 2.45) is 11.8 Å². The molecule has 174 valence electrons. The van der Waals surface area contributed by atoms with Crippen LogP contribution in [0.5, 0.6) is 11.6 Å².